The maximum Gasteiger partial charge on any atom is 0.266 e. The number of hydrogen-bond acceptors (Lipinski definition) is 5. The topological polar surface area (TPSA) is 67.7 Å². The molecule has 1 atom stereocenters. The maximum atomic E-state index is 13.8. The van der Waals surface area contributed by atoms with Gasteiger partial charge in [0.05, 0.1) is 29.2 Å². The predicted octanol–water partition coefficient (Wildman–Crippen LogP) is 4.82. The molecule has 7 nitrogen and oxygen atoms in total. The minimum atomic E-state index is -0.0720. The average molecular weight is 491 g/mol. The van der Waals surface area contributed by atoms with Crippen molar-refractivity contribution in [1.29, 1.82) is 0 Å². The molecule has 0 aliphatic carbocycles. The van der Waals surface area contributed by atoms with E-state index in [2.05, 4.69) is 32.6 Å². The molecule has 7 heteroatoms. The van der Waals surface area contributed by atoms with E-state index in [1.807, 2.05) is 60.4 Å². The lowest BCUT2D eigenvalue weighted by molar-refractivity contribution is -0.135. The van der Waals surface area contributed by atoms with Crippen LogP contribution in [0.3, 0.4) is 0 Å². The second-order valence-electron chi connectivity index (χ2n) is 10.6. The Morgan fingerprint density at radius 1 is 1.00 bits per heavy atom. The van der Waals surface area contributed by atoms with Crippen molar-refractivity contribution < 1.29 is 9.53 Å². The van der Waals surface area contributed by atoms with E-state index in [0.717, 1.165) is 36.8 Å². The molecule has 3 aromatic rings. The summed E-state index contributed by atoms with van der Waals surface area (Å²) in [5.74, 6) is 1.72. The first-order valence-electron chi connectivity index (χ1n) is 13.0. The predicted molar refractivity (Wildman–Crippen MR) is 144 cm³/mol. The Morgan fingerprint density at radius 3 is 2.28 bits per heavy atom. The minimum Gasteiger partial charge on any atom is -0.494 e. The molecule has 36 heavy (non-hydrogen) atoms. The van der Waals surface area contributed by atoms with Crippen molar-refractivity contribution in [3.63, 3.8) is 0 Å². The van der Waals surface area contributed by atoms with Gasteiger partial charge in [-0.3, -0.25) is 19.1 Å². The third-order valence-corrected chi connectivity index (χ3v) is 6.68. The molecule has 1 aliphatic rings. The Morgan fingerprint density at radius 2 is 1.67 bits per heavy atom. The van der Waals surface area contributed by atoms with Gasteiger partial charge < -0.3 is 9.64 Å². The highest BCUT2D eigenvalue weighted by atomic mass is 16.5. The number of para-hydroxylation sites is 1. The summed E-state index contributed by atoms with van der Waals surface area (Å²) in [4.78, 5) is 35.9. The van der Waals surface area contributed by atoms with Gasteiger partial charge in [0, 0.05) is 32.6 Å². The summed E-state index contributed by atoms with van der Waals surface area (Å²) in [7, 11) is 0. The van der Waals surface area contributed by atoms with E-state index >= 15 is 0 Å². The number of carbonyl (C=O) groups is 1. The zero-order valence-corrected chi connectivity index (χ0v) is 22.2. The molecule has 1 fully saturated rings. The van der Waals surface area contributed by atoms with Crippen LogP contribution in [0, 0.1) is 5.41 Å². The molecular formula is C29H38N4O3. The van der Waals surface area contributed by atoms with Crippen LogP contribution < -0.4 is 10.3 Å². The Hall–Kier alpha value is -3.19. The smallest absolute Gasteiger partial charge is 0.266 e. The normalized spacial score (nSPS) is 15.8. The van der Waals surface area contributed by atoms with E-state index in [9.17, 15) is 9.59 Å². The van der Waals surface area contributed by atoms with Crippen molar-refractivity contribution in [2.45, 2.75) is 53.5 Å². The van der Waals surface area contributed by atoms with Crippen LogP contribution in [-0.2, 0) is 4.79 Å². The zero-order valence-electron chi connectivity index (χ0n) is 22.2. The van der Waals surface area contributed by atoms with Gasteiger partial charge in [-0.05, 0) is 55.2 Å². The van der Waals surface area contributed by atoms with Gasteiger partial charge in [0.25, 0.3) is 5.56 Å². The number of ether oxygens (including phenoxy) is 1. The lowest BCUT2D eigenvalue weighted by atomic mass is 9.91. The van der Waals surface area contributed by atoms with E-state index in [0.29, 0.717) is 37.0 Å². The summed E-state index contributed by atoms with van der Waals surface area (Å²) in [5.41, 5.74) is 1.38. The molecule has 2 aromatic carbocycles. The highest BCUT2D eigenvalue weighted by Crippen LogP contribution is 2.28. The van der Waals surface area contributed by atoms with Gasteiger partial charge in [-0.15, -0.1) is 0 Å². The summed E-state index contributed by atoms with van der Waals surface area (Å²) >= 11 is 0. The molecule has 0 N–H and O–H groups in total. The molecule has 1 amide bonds. The van der Waals surface area contributed by atoms with Crippen LogP contribution in [0.5, 0.6) is 5.75 Å². The second kappa shape index (κ2) is 10.8. The van der Waals surface area contributed by atoms with Crippen LogP contribution in [0.25, 0.3) is 16.6 Å². The van der Waals surface area contributed by atoms with E-state index < -0.39 is 0 Å². The number of fused-ring (bicyclic) bond motifs is 1. The molecule has 1 unspecified atom stereocenters. The van der Waals surface area contributed by atoms with Crippen molar-refractivity contribution in [3.05, 3.63) is 64.7 Å². The van der Waals surface area contributed by atoms with Crippen LogP contribution in [0.15, 0.2) is 53.3 Å². The largest absolute Gasteiger partial charge is 0.494 e. The SMILES string of the molecule is CCOc1ccc(-n2c(C(CC)N3CCN(C(=O)CC(C)(C)C)CC3)nc3ccccc3c2=O)cc1. The molecule has 4 rings (SSSR count). The minimum absolute atomic E-state index is 0.0248. The number of rotatable bonds is 7. The lowest BCUT2D eigenvalue weighted by Crippen LogP contribution is -2.50. The number of aromatic nitrogens is 2. The Balaban J connectivity index is 1.69. The fraction of sp³-hybridized carbons (Fsp3) is 0.483. The van der Waals surface area contributed by atoms with Crippen molar-refractivity contribution in [2.75, 3.05) is 32.8 Å². The molecule has 192 valence electrons. The third-order valence-electron chi connectivity index (χ3n) is 6.68. The van der Waals surface area contributed by atoms with E-state index in [4.69, 9.17) is 9.72 Å². The first kappa shape index (κ1) is 25.9. The average Bonchev–Trinajstić information content (AvgIpc) is 2.85. The third kappa shape index (κ3) is 5.62. The van der Waals surface area contributed by atoms with Crippen molar-refractivity contribution in [3.8, 4) is 11.4 Å². The van der Waals surface area contributed by atoms with Gasteiger partial charge in [0.2, 0.25) is 5.91 Å². The fourth-order valence-corrected chi connectivity index (χ4v) is 4.93. The van der Waals surface area contributed by atoms with Gasteiger partial charge in [-0.1, -0.05) is 39.8 Å². The second-order valence-corrected chi connectivity index (χ2v) is 10.6. The first-order valence-corrected chi connectivity index (χ1v) is 13.0. The number of nitrogens with zero attached hydrogens (tertiary/aromatic N) is 4. The number of hydrogen-bond donors (Lipinski definition) is 0. The summed E-state index contributed by atoms with van der Waals surface area (Å²) < 4.78 is 7.36. The monoisotopic (exact) mass is 490 g/mol. The van der Waals surface area contributed by atoms with Gasteiger partial charge in [0.15, 0.2) is 0 Å². The van der Waals surface area contributed by atoms with Crippen LogP contribution in [0.4, 0.5) is 0 Å². The van der Waals surface area contributed by atoms with E-state index in [1.54, 1.807) is 4.57 Å². The summed E-state index contributed by atoms with van der Waals surface area (Å²) in [6.45, 7) is 13.8. The Bertz CT molecular complexity index is 1250. The maximum absolute atomic E-state index is 13.8. The van der Waals surface area contributed by atoms with Crippen LogP contribution in [0.1, 0.15) is 59.3 Å². The summed E-state index contributed by atoms with van der Waals surface area (Å²) in [6, 6.07) is 15.1. The summed E-state index contributed by atoms with van der Waals surface area (Å²) in [5, 5.41) is 0.600. The Kier molecular flexibility index (Phi) is 7.79. The molecule has 0 radical (unpaired) electrons. The number of amides is 1. The summed E-state index contributed by atoms with van der Waals surface area (Å²) in [6.07, 6.45) is 1.35. The molecule has 0 bridgehead atoms. The number of carbonyl (C=O) groups excluding carboxylic acids is 1. The Labute approximate surface area is 213 Å². The molecule has 1 aliphatic heterocycles. The van der Waals surface area contributed by atoms with Gasteiger partial charge in [-0.25, -0.2) is 4.98 Å². The van der Waals surface area contributed by atoms with Crippen LogP contribution >= 0.6 is 0 Å². The molecule has 2 heterocycles. The molecule has 1 aromatic heterocycles. The zero-order chi connectivity index (χ0) is 25.9. The van der Waals surface area contributed by atoms with Gasteiger partial charge in [-0.2, -0.15) is 0 Å². The lowest BCUT2D eigenvalue weighted by Gasteiger charge is -2.40. The van der Waals surface area contributed by atoms with E-state index in [1.165, 1.54) is 0 Å². The molecule has 0 saturated carbocycles. The molecule has 0 spiro atoms. The van der Waals surface area contributed by atoms with Crippen molar-refractivity contribution in [2.24, 2.45) is 5.41 Å². The number of piperazine rings is 1. The highest BCUT2D eigenvalue weighted by molar-refractivity contribution is 5.78. The quantitative estimate of drug-likeness (QED) is 0.475. The van der Waals surface area contributed by atoms with E-state index in [-0.39, 0.29) is 22.9 Å². The molecular weight excluding hydrogens is 452 g/mol. The van der Waals surface area contributed by atoms with Crippen LogP contribution in [0.2, 0.25) is 0 Å². The van der Waals surface area contributed by atoms with Crippen LogP contribution in [-0.4, -0.2) is 58.0 Å². The first-order chi connectivity index (χ1) is 17.2. The van der Waals surface area contributed by atoms with Gasteiger partial charge >= 0.3 is 0 Å². The van der Waals surface area contributed by atoms with Crippen molar-refractivity contribution in [1.82, 2.24) is 19.4 Å². The molecule has 1 saturated heterocycles. The van der Waals surface area contributed by atoms with Crippen molar-refractivity contribution >= 4 is 16.8 Å². The highest BCUT2D eigenvalue weighted by Gasteiger charge is 2.30. The fourth-order valence-electron chi connectivity index (χ4n) is 4.93. The van der Waals surface area contributed by atoms with Gasteiger partial charge in [0.1, 0.15) is 11.6 Å². The standard InChI is InChI=1S/C29H38N4O3/c1-6-25(31-16-18-32(19-17-31)26(34)20-29(3,4)5)27-30-24-11-9-8-10-23(24)28(35)33(27)21-12-14-22(15-13-21)36-7-2/h8-15,25H,6-7,16-20H2,1-5H3. The number of benzene rings is 2.